The summed E-state index contributed by atoms with van der Waals surface area (Å²) in [5, 5.41) is 12.0. The highest BCUT2D eigenvalue weighted by molar-refractivity contribution is 5.81. The number of nitrogens with one attached hydrogen (secondary N) is 1. The van der Waals surface area contributed by atoms with Crippen LogP contribution in [0.1, 0.15) is 11.4 Å². The molecule has 112 valence electrons. The Balaban J connectivity index is 1.77. The van der Waals surface area contributed by atoms with Crippen LogP contribution in [-0.4, -0.2) is 33.2 Å². The third-order valence-electron chi connectivity index (χ3n) is 3.30. The Bertz CT molecular complexity index is 592. The van der Waals surface area contributed by atoms with Gasteiger partial charge in [-0.2, -0.15) is 0 Å². The van der Waals surface area contributed by atoms with Crippen molar-refractivity contribution in [3.63, 3.8) is 0 Å². The quantitative estimate of drug-likeness (QED) is 0.715. The standard InChI is InChI=1S/C15H20N4O2/c1-19-9-8-17-14(19)6-7-18-15(21)13(16)10-11-2-4-12(20)5-3-11/h2-5,8-9,13,20H,6-7,10,16H2,1H3,(H,18,21)/t13-/m1/s1. The molecule has 1 amide bonds. The second kappa shape index (κ2) is 6.90. The lowest BCUT2D eigenvalue weighted by atomic mass is 10.1. The van der Waals surface area contributed by atoms with E-state index in [1.807, 2.05) is 17.8 Å². The third kappa shape index (κ3) is 4.32. The first-order valence-electron chi connectivity index (χ1n) is 6.83. The van der Waals surface area contributed by atoms with Crippen LogP contribution in [0.25, 0.3) is 0 Å². The summed E-state index contributed by atoms with van der Waals surface area (Å²) in [5.41, 5.74) is 6.80. The summed E-state index contributed by atoms with van der Waals surface area (Å²) in [6, 6.07) is 6.09. The van der Waals surface area contributed by atoms with Crippen molar-refractivity contribution in [2.45, 2.75) is 18.9 Å². The van der Waals surface area contributed by atoms with Gasteiger partial charge in [0.05, 0.1) is 6.04 Å². The van der Waals surface area contributed by atoms with E-state index in [1.165, 1.54) is 0 Å². The van der Waals surface area contributed by atoms with Crippen molar-refractivity contribution in [3.05, 3.63) is 48.0 Å². The van der Waals surface area contributed by atoms with Crippen molar-refractivity contribution in [2.24, 2.45) is 12.8 Å². The molecule has 4 N–H and O–H groups in total. The number of aromatic nitrogens is 2. The molecular formula is C15H20N4O2. The first-order chi connectivity index (χ1) is 10.1. The number of aromatic hydroxyl groups is 1. The molecule has 0 bridgehead atoms. The zero-order chi connectivity index (χ0) is 15.2. The van der Waals surface area contributed by atoms with Gasteiger partial charge in [0.25, 0.3) is 0 Å². The highest BCUT2D eigenvalue weighted by Gasteiger charge is 2.13. The topological polar surface area (TPSA) is 93.2 Å². The largest absolute Gasteiger partial charge is 0.508 e. The Hall–Kier alpha value is -2.34. The highest BCUT2D eigenvalue weighted by Crippen LogP contribution is 2.10. The number of carbonyl (C=O) groups is 1. The van der Waals surface area contributed by atoms with E-state index in [0.717, 1.165) is 11.4 Å². The van der Waals surface area contributed by atoms with E-state index >= 15 is 0 Å². The number of phenols is 1. The summed E-state index contributed by atoms with van der Waals surface area (Å²) in [7, 11) is 1.92. The fraction of sp³-hybridized carbons (Fsp3) is 0.333. The zero-order valence-electron chi connectivity index (χ0n) is 12.0. The summed E-state index contributed by atoms with van der Waals surface area (Å²) < 4.78 is 1.92. The Morgan fingerprint density at radius 3 is 2.76 bits per heavy atom. The first-order valence-corrected chi connectivity index (χ1v) is 6.83. The molecular weight excluding hydrogens is 268 g/mol. The predicted molar refractivity (Wildman–Crippen MR) is 79.7 cm³/mol. The van der Waals surface area contributed by atoms with E-state index in [4.69, 9.17) is 5.73 Å². The molecule has 1 aromatic carbocycles. The molecule has 0 saturated carbocycles. The van der Waals surface area contributed by atoms with E-state index in [9.17, 15) is 9.90 Å². The van der Waals surface area contributed by atoms with Crippen LogP contribution in [0.4, 0.5) is 0 Å². The fourth-order valence-electron chi connectivity index (χ4n) is 2.04. The molecule has 2 rings (SSSR count). The molecule has 0 aliphatic heterocycles. The molecule has 1 aromatic heterocycles. The maximum atomic E-state index is 11.9. The number of rotatable bonds is 6. The molecule has 6 heteroatoms. The summed E-state index contributed by atoms with van der Waals surface area (Å²) in [6.07, 6.45) is 4.71. The van der Waals surface area contributed by atoms with Crippen LogP contribution in [0.5, 0.6) is 5.75 Å². The van der Waals surface area contributed by atoms with E-state index < -0.39 is 6.04 Å². The Kier molecular flexibility index (Phi) is 4.94. The fourth-order valence-corrected chi connectivity index (χ4v) is 2.04. The second-order valence-electron chi connectivity index (χ2n) is 4.97. The molecule has 6 nitrogen and oxygen atoms in total. The van der Waals surface area contributed by atoms with Gasteiger partial charge in [0.2, 0.25) is 5.91 Å². The van der Waals surface area contributed by atoms with Gasteiger partial charge >= 0.3 is 0 Å². The molecule has 0 unspecified atom stereocenters. The molecule has 2 aromatic rings. The van der Waals surface area contributed by atoms with Crippen LogP contribution in [0.3, 0.4) is 0 Å². The molecule has 1 atom stereocenters. The number of nitrogens with zero attached hydrogens (tertiary/aromatic N) is 2. The molecule has 0 aliphatic carbocycles. The van der Waals surface area contributed by atoms with Gasteiger partial charge in [-0.15, -0.1) is 0 Å². The number of nitrogens with two attached hydrogens (primary N) is 1. The van der Waals surface area contributed by atoms with Gasteiger partial charge in [-0.3, -0.25) is 4.79 Å². The lowest BCUT2D eigenvalue weighted by Gasteiger charge is -2.12. The Labute approximate surface area is 123 Å². The molecule has 0 fully saturated rings. The summed E-state index contributed by atoms with van der Waals surface area (Å²) in [5.74, 6) is 0.937. The van der Waals surface area contributed by atoms with E-state index in [1.54, 1.807) is 30.5 Å². The van der Waals surface area contributed by atoms with Gasteiger partial charge in [-0.1, -0.05) is 12.1 Å². The van der Waals surface area contributed by atoms with Crippen LogP contribution in [0.2, 0.25) is 0 Å². The number of benzene rings is 1. The molecule has 0 radical (unpaired) electrons. The Morgan fingerprint density at radius 2 is 2.14 bits per heavy atom. The second-order valence-corrected chi connectivity index (χ2v) is 4.97. The number of hydrogen-bond donors (Lipinski definition) is 3. The number of amides is 1. The molecule has 0 spiro atoms. The van der Waals surface area contributed by atoms with Gasteiger partial charge < -0.3 is 20.7 Å². The number of phenolic OH excluding ortho intramolecular Hbond substituents is 1. The van der Waals surface area contributed by atoms with Gasteiger partial charge in [-0.05, 0) is 24.1 Å². The smallest absolute Gasteiger partial charge is 0.237 e. The SMILES string of the molecule is Cn1ccnc1CCNC(=O)[C@H](N)Cc1ccc(O)cc1. The number of carbonyl (C=O) groups excluding carboxylic acids is 1. The van der Waals surface area contributed by atoms with Crippen molar-refractivity contribution < 1.29 is 9.90 Å². The average molecular weight is 288 g/mol. The van der Waals surface area contributed by atoms with E-state index in [2.05, 4.69) is 10.3 Å². The van der Waals surface area contributed by atoms with Crippen LogP contribution < -0.4 is 11.1 Å². The van der Waals surface area contributed by atoms with E-state index in [-0.39, 0.29) is 11.7 Å². The van der Waals surface area contributed by atoms with Crippen molar-refractivity contribution in [1.29, 1.82) is 0 Å². The van der Waals surface area contributed by atoms with Crippen LogP contribution in [0.15, 0.2) is 36.7 Å². The van der Waals surface area contributed by atoms with Crippen molar-refractivity contribution in [1.82, 2.24) is 14.9 Å². The van der Waals surface area contributed by atoms with Gasteiger partial charge in [0, 0.05) is 32.4 Å². The van der Waals surface area contributed by atoms with Gasteiger partial charge in [0.15, 0.2) is 0 Å². The van der Waals surface area contributed by atoms with Gasteiger partial charge in [0.1, 0.15) is 11.6 Å². The number of imidazole rings is 1. The van der Waals surface area contributed by atoms with Crippen LogP contribution >= 0.6 is 0 Å². The molecule has 0 saturated heterocycles. The Morgan fingerprint density at radius 1 is 1.43 bits per heavy atom. The minimum absolute atomic E-state index is 0.183. The highest BCUT2D eigenvalue weighted by atomic mass is 16.3. The van der Waals surface area contributed by atoms with Gasteiger partial charge in [-0.25, -0.2) is 4.98 Å². The van der Waals surface area contributed by atoms with Crippen LogP contribution in [-0.2, 0) is 24.7 Å². The first kappa shape index (κ1) is 15.1. The summed E-state index contributed by atoms with van der Waals surface area (Å²) in [4.78, 5) is 16.1. The maximum absolute atomic E-state index is 11.9. The average Bonchev–Trinajstić information content (AvgIpc) is 2.87. The normalized spacial score (nSPS) is 12.1. The minimum Gasteiger partial charge on any atom is -0.508 e. The van der Waals surface area contributed by atoms with E-state index in [0.29, 0.717) is 19.4 Å². The molecule has 1 heterocycles. The maximum Gasteiger partial charge on any atom is 0.237 e. The van der Waals surface area contributed by atoms with Crippen molar-refractivity contribution in [2.75, 3.05) is 6.54 Å². The van der Waals surface area contributed by atoms with Crippen molar-refractivity contribution >= 4 is 5.91 Å². The number of hydrogen-bond acceptors (Lipinski definition) is 4. The number of aryl methyl sites for hydroxylation is 1. The zero-order valence-corrected chi connectivity index (χ0v) is 12.0. The predicted octanol–water partition coefficient (Wildman–Crippen LogP) is 0.354. The van der Waals surface area contributed by atoms with Crippen molar-refractivity contribution in [3.8, 4) is 5.75 Å². The minimum atomic E-state index is -0.601. The summed E-state index contributed by atoms with van der Waals surface area (Å²) in [6.45, 7) is 0.507. The third-order valence-corrected chi connectivity index (χ3v) is 3.30. The molecule has 21 heavy (non-hydrogen) atoms. The molecule has 0 aliphatic rings. The lowest BCUT2D eigenvalue weighted by Crippen LogP contribution is -2.42. The van der Waals surface area contributed by atoms with Crippen LogP contribution in [0, 0.1) is 0 Å². The lowest BCUT2D eigenvalue weighted by molar-refractivity contribution is -0.122. The monoisotopic (exact) mass is 288 g/mol. The summed E-state index contributed by atoms with van der Waals surface area (Å²) >= 11 is 0.